The molecule has 1 amide bonds. The summed E-state index contributed by atoms with van der Waals surface area (Å²) in [6.07, 6.45) is 8.51. The van der Waals surface area contributed by atoms with Crippen LogP contribution in [0.3, 0.4) is 0 Å². The Morgan fingerprint density at radius 1 is 1.19 bits per heavy atom. The molecule has 0 aliphatic heterocycles. The van der Waals surface area contributed by atoms with Crippen molar-refractivity contribution < 1.29 is 14.6 Å². The molecule has 0 atom stereocenters. The number of anilines is 1. The normalized spacial score (nSPS) is 20.4. The van der Waals surface area contributed by atoms with E-state index < -0.39 is 0 Å². The second-order valence-electron chi connectivity index (χ2n) is 8.57. The summed E-state index contributed by atoms with van der Waals surface area (Å²) in [6, 6.07) is 7.82. The average Bonchev–Trinajstić information content (AvgIpc) is 3.57. The summed E-state index contributed by atoms with van der Waals surface area (Å²) in [6.45, 7) is 1.79. The first-order valence-corrected chi connectivity index (χ1v) is 11.2. The van der Waals surface area contributed by atoms with E-state index in [9.17, 15) is 9.90 Å². The number of fused-ring (bicyclic) bond motifs is 1. The molecule has 7 nitrogen and oxygen atoms in total. The first kappa shape index (κ1) is 20.5. The molecular formula is C25H26N4O3. The number of aliphatic hydroxyl groups is 1. The van der Waals surface area contributed by atoms with Gasteiger partial charge in [-0.15, -0.1) is 0 Å². The largest absolute Gasteiger partial charge is 0.488 e. The van der Waals surface area contributed by atoms with Gasteiger partial charge in [0.15, 0.2) is 5.82 Å². The maximum atomic E-state index is 12.1. The molecule has 3 aromatic heterocycles. The lowest BCUT2D eigenvalue weighted by Gasteiger charge is -2.27. The van der Waals surface area contributed by atoms with Crippen molar-refractivity contribution in [3.8, 4) is 28.7 Å². The zero-order valence-corrected chi connectivity index (χ0v) is 18.0. The quantitative estimate of drug-likeness (QED) is 0.601. The van der Waals surface area contributed by atoms with Gasteiger partial charge in [-0.25, -0.2) is 9.50 Å². The van der Waals surface area contributed by atoms with Gasteiger partial charge in [-0.1, -0.05) is 5.92 Å². The van der Waals surface area contributed by atoms with Gasteiger partial charge in [-0.2, -0.15) is 5.10 Å². The van der Waals surface area contributed by atoms with Crippen LogP contribution in [-0.4, -0.2) is 37.8 Å². The number of carbonyl (C=O) groups is 1. The molecule has 2 aliphatic carbocycles. The summed E-state index contributed by atoms with van der Waals surface area (Å²) in [4.78, 5) is 16.5. The smallest absolute Gasteiger partial charge is 0.228 e. The van der Waals surface area contributed by atoms with Gasteiger partial charge in [0.05, 0.1) is 23.9 Å². The molecule has 0 unspecified atom stereocenters. The first-order chi connectivity index (χ1) is 15.6. The lowest BCUT2D eigenvalue weighted by Crippen LogP contribution is -2.26. The van der Waals surface area contributed by atoms with Crippen LogP contribution < -0.4 is 10.1 Å². The minimum Gasteiger partial charge on any atom is -0.488 e. The molecule has 0 radical (unpaired) electrons. The summed E-state index contributed by atoms with van der Waals surface area (Å²) < 4.78 is 8.08. The second kappa shape index (κ2) is 8.64. The number of amides is 1. The Hall–Kier alpha value is -3.37. The Labute approximate surface area is 186 Å². The Morgan fingerprint density at radius 2 is 2.00 bits per heavy atom. The van der Waals surface area contributed by atoms with E-state index in [0.717, 1.165) is 55.2 Å². The highest BCUT2D eigenvalue weighted by molar-refractivity contribution is 5.93. The lowest BCUT2D eigenvalue weighted by molar-refractivity contribution is -0.117. The number of aromatic nitrogens is 3. The summed E-state index contributed by atoms with van der Waals surface area (Å²) >= 11 is 0. The molecule has 0 aromatic carbocycles. The fourth-order valence-electron chi connectivity index (χ4n) is 4.10. The van der Waals surface area contributed by atoms with E-state index in [1.54, 1.807) is 17.6 Å². The minimum atomic E-state index is -0.228. The summed E-state index contributed by atoms with van der Waals surface area (Å²) in [5.41, 5.74) is 3.43. The van der Waals surface area contributed by atoms with E-state index in [2.05, 4.69) is 27.2 Å². The van der Waals surface area contributed by atoms with Gasteiger partial charge < -0.3 is 15.2 Å². The molecule has 2 fully saturated rings. The number of nitrogens with one attached hydrogen (secondary N) is 1. The van der Waals surface area contributed by atoms with E-state index in [0.29, 0.717) is 17.3 Å². The molecular weight excluding hydrogens is 404 g/mol. The number of aliphatic hydroxyl groups excluding tert-OH is 1. The lowest BCUT2D eigenvalue weighted by atomic mass is 9.95. The molecule has 164 valence electrons. The van der Waals surface area contributed by atoms with Crippen LogP contribution in [0.25, 0.3) is 16.6 Å². The molecule has 2 N–H and O–H groups in total. The SMILES string of the molecule is CC#Cc1cc(-c2ccn3nc(NC(=O)C4CC4)cc3c2)c(O[C@H]2CC[C@H](O)CC2)cn1. The summed E-state index contributed by atoms with van der Waals surface area (Å²) in [7, 11) is 0. The predicted octanol–water partition coefficient (Wildman–Crippen LogP) is 3.80. The fraction of sp³-hybridized carbons (Fsp3) is 0.400. The highest BCUT2D eigenvalue weighted by Crippen LogP contribution is 2.34. The first-order valence-electron chi connectivity index (χ1n) is 11.2. The van der Waals surface area contributed by atoms with Crippen molar-refractivity contribution in [2.24, 2.45) is 5.92 Å². The molecule has 3 aromatic rings. The van der Waals surface area contributed by atoms with E-state index in [1.807, 2.05) is 30.5 Å². The maximum Gasteiger partial charge on any atom is 0.228 e. The molecule has 3 heterocycles. The van der Waals surface area contributed by atoms with Crippen molar-refractivity contribution in [1.82, 2.24) is 14.6 Å². The van der Waals surface area contributed by atoms with Crippen molar-refractivity contribution in [3.63, 3.8) is 0 Å². The van der Waals surface area contributed by atoms with E-state index in [1.165, 1.54) is 0 Å². The van der Waals surface area contributed by atoms with Crippen LogP contribution in [0.2, 0.25) is 0 Å². The van der Waals surface area contributed by atoms with Crippen LogP contribution in [0, 0.1) is 17.8 Å². The summed E-state index contributed by atoms with van der Waals surface area (Å²) in [5, 5.41) is 17.2. The molecule has 0 bridgehead atoms. The number of pyridine rings is 2. The van der Waals surface area contributed by atoms with Gasteiger partial charge in [-0.3, -0.25) is 4.79 Å². The molecule has 32 heavy (non-hydrogen) atoms. The van der Waals surface area contributed by atoms with Crippen LogP contribution >= 0.6 is 0 Å². The van der Waals surface area contributed by atoms with Crippen molar-refractivity contribution in [2.75, 3.05) is 5.32 Å². The third kappa shape index (κ3) is 4.46. The number of rotatable bonds is 5. The Kier molecular flexibility index (Phi) is 5.54. The maximum absolute atomic E-state index is 12.1. The number of carbonyl (C=O) groups excluding carboxylic acids is 1. The van der Waals surface area contributed by atoms with Gasteiger partial charge in [-0.05, 0) is 75.1 Å². The Balaban J connectivity index is 1.46. The van der Waals surface area contributed by atoms with Crippen LogP contribution in [0.15, 0.2) is 36.7 Å². The average molecular weight is 431 g/mol. The van der Waals surface area contributed by atoms with Crippen molar-refractivity contribution >= 4 is 17.2 Å². The monoisotopic (exact) mass is 430 g/mol. The van der Waals surface area contributed by atoms with Gasteiger partial charge in [0.1, 0.15) is 11.4 Å². The Morgan fingerprint density at radius 3 is 2.75 bits per heavy atom. The molecule has 2 aliphatic rings. The third-order valence-corrected chi connectivity index (χ3v) is 6.03. The van der Waals surface area contributed by atoms with Crippen molar-refractivity contribution in [1.29, 1.82) is 0 Å². The highest BCUT2D eigenvalue weighted by Gasteiger charge is 2.30. The second-order valence-corrected chi connectivity index (χ2v) is 8.57. The third-order valence-electron chi connectivity index (χ3n) is 6.03. The van der Waals surface area contributed by atoms with Crippen molar-refractivity contribution in [3.05, 3.63) is 42.4 Å². The number of hydrogen-bond acceptors (Lipinski definition) is 5. The molecule has 7 heteroatoms. The van der Waals surface area contributed by atoms with Gasteiger partial charge >= 0.3 is 0 Å². The number of hydrogen-bond donors (Lipinski definition) is 2. The molecule has 2 saturated carbocycles. The van der Waals surface area contributed by atoms with E-state index in [4.69, 9.17) is 4.74 Å². The van der Waals surface area contributed by atoms with Gasteiger partial charge in [0.2, 0.25) is 5.91 Å². The predicted molar refractivity (Wildman–Crippen MR) is 121 cm³/mol. The molecule has 0 saturated heterocycles. The highest BCUT2D eigenvalue weighted by atomic mass is 16.5. The summed E-state index contributed by atoms with van der Waals surface area (Å²) in [5.74, 6) is 7.35. The minimum absolute atomic E-state index is 0.0406. The van der Waals surface area contributed by atoms with Crippen LogP contribution in [0.5, 0.6) is 5.75 Å². The fourth-order valence-corrected chi connectivity index (χ4v) is 4.10. The van der Waals surface area contributed by atoms with E-state index >= 15 is 0 Å². The zero-order valence-electron chi connectivity index (χ0n) is 18.0. The number of nitrogens with zero attached hydrogens (tertiary/aromatic N) is 3. The topological polar surface area (TPSA) is 88.8 Å². The standard InChI is InChI=1S/C25H26N4O3/c1-2-3-18-13-22(23(15-26-18)32-21-8-6-20(30)7-9-21)17-10-11-29-19(12-17)14-24(28-29)27-25(31)16-4-5-16/h10-16,20-21,30H,4-9H2,1H3,(H,27,28,31)/t20-,21-. The number of ether oxygens (including phenoxy) is 1. The zero-order chi connectivity index (χ0) is 22.1. The van der Waals surface area contributed by atoms with Gasteiger partial charge in [0.25, 0.3) is 0 Å². The van der Waals surface area contributed by atoms with Crippen LogP contribution in [0.4, 0.5) is 5.82 Å². The Bertz CT molecular complexity index is 1210. The van der Waals surface area contributed by atoms with Crippen LogP contribution in [-0.2, 0) is 4.79 Å². The molecule has 0 spiro atoms. The van der Waals surface area contributed by atoms with E-state index in [-0.39, 0.29) is 24.0 Å². The van der Waals surface area contributed by atoms with Crippen LogP contribution in [0.1, 0.15) is 51.1 Å². The van der Waals surface area contributed by atoms with Gasteiger partial charge in [0, 0.05) is 23.7 Å². The molecule has 5 rings (SSSR count). The van der Waals surface area contributed by atoms with Crippen molar-refractivity contribution in [2.45, 2.75) is 57.7 Å².